The molecule has 0 spiro atoms. The van der Waals surface area contributed by atoms with Crippen LogP contribution in [0.15, 0.2) is 29.4 Å². The Balaban J connectivity index is 1.48. The lowest BCUT2D eigenvalue weighted by molar-refractivity contribution is 0.269. The predicted octanol–water partition coefficient (Wildman–Crippen LogP) is 1.95. The fourth-order valence-electron chi connectivity index (χ4n) is 3.44. The SMILES string of the molecule is CCn1cnnc1CC1CCN(S(=O)(=O)c2cccc3nsnc23)CC1. The van der Waals surface area contributed by atoms with E-state index in [1.807, 2.05) is 4.57 Å². The van der Waals surface area contributed by atoms with E-state index in [9.17, 15) is 8.42 Å². The van der Waals surface area contributed by atoms with Crippen molar-refractivity contribution in [1.29, 1.82) is 0 Å². The van der Waals surface area contributed by atoms with Crippen LogP contribution in [-0.2, 0) is 23.0 Å². The highest BCUT2D eigenvalue weighted by Crippen LogP contribution is 2.29. The minimum atomic E-state index is -3.55. The zero-order valence-corrected chi connectivity index (χ0v) is 16.1. The monoisotopic (exact) mass is 392 g/mol. The average molecular weight is 393 g/mol. The fraction of sp³-hybridized carbons (Fsp3) is 0.500. The number of benzene rings is 1. The standard InChI is InChI=1S/C16H20N6O2S2/c1-2-21-11-17-18-15(21)10-12-6-8-22(9-7-12)26(23,24)14-5-3-4-13-16(14)20-25-19-13/h3-5,11-12H,2,6-10H2,1H3. The van der Waals surface area contributed by atoms with E-state index in [1.165, 1.54) is 0 Å². The fourth-order valence-corrected chi connectivity index (χ4v) is 5.66. The zero-order valence-electron chi connectivity index (χ0n) is 14.4. The van der Waals surface area contributed by atoms with Gasteiger partial charge in [0, 0.05) is 26.1 Å². The molecular weight excluding hydrogens is 372 g/mol. The molecule has 3 aromatic rings. The Hall–Kier alpha value is -1.91. The molecular formula is C16H20N6O2S2. The van der Waals surface area contributed by atoms with Crippen molar-refractivity contribution in [2.75, 3.05) is 13.1 Å². The molecule has 1 fully saturated rings. The summed E-state index contributed by atoms with van der Waals surface area (Å²) in [6.45, 7) is 3.94. The third-order valence-electron chi connectivity index (χ3n) is 4.95. The van der Waals surface area contributed by atoms with Gasteiger partial charge >= 0.3 is 0 Å². The van der Waals surface area contributed by atoms with Crippen LogP contribution in [0.1, 0.15) is 25.6 Å². The first-order valence-electron chi connectivity index (χ1n) is 8.67. The van der Waals surface area contributed by atoms with E-state index in [0.29, 0.717) is 30.0 Å². The van der Waals surface area contributed by atoms with Crippen LogP contribution in [0.4, 0.5) is 0 Å². The molecule has 1 aliphatic rings. The Kier molecular flexibility index (Phi) is 4.72. The summed E-state index contributed by atoms with van der Waals surface area (Å²) in [5.41, 5.74) is 1.10. The molecule has 1 aliphatic heterocycles. The van der Waals surface area contributed by atoms with E-state index < -0.39 is 10.0 Å². The quantitative estimate of drug-likeness (QED) is 0.659. The van der Waals surface area contributed by atoms with Crippen LogP contribution in [0.25, 0.3) is 11.0 Å². The van der Waals surface area contributed by atoms with Crippen LogP contribution in [0, 0.1) is 5.92 Å². The van der Waals surface area contributed by atoms with Gasteiger partial charge in [-0.05, 0) is 37.8 Å². The molecule has 8 nitrogen and oxygen atoms in total. The highest BCUT2D eigenvalue weighted by Gasteiger charge is 2.31. The van der Waals surface area contributed by atoms with Crippen LogP contribution in [-0.4, -0.2) is 49.3 Å². The largest absolute Gasteiger partial charge is 0.318 e. The number of sulfonamides is 1. The first-order valence-corrected chi connectivity index (χ1v) is 10.8. The topological polar surface area (TPSA) is 93.9 Å². The number of aryl methyl sites for hydroxylation is 1. The molecule has 0 unspecified atom stereocenters. The Morgan fingerprint density at radius 1 is 1.23 bits per heavy atom. The smallest absolute Gasteiger partial charge is 0.245 e. The summed E-state index contributed by atoms with van der Waals surface area (Å²) in [6, 6.07) is 5.13. The van der Waals surface area contributed by atoms with Gasteiger partial charge in [0.2, 0.25) is 10.0 Å². The van der Waals surface area contributed by atoms with Gasteiger partial charge < -0.3 is 4.57 Å². The summed E-state index contributed by atoms with van der Waals surface area (Å²) >= 11 is 1.04. The first kappa shape index (κ1) is 17.5. The molecule has 2 aromatic heterocycles. The molecule has 0 amide bonds. The maximum Gasteiger partial charge on any atom is 0.245 e. The predicted molar refractivity (Wildman–Crippen MR) is 98.3 cm³/mol. The second-order valence-electron chi connectivity index (χ2n) is 6.47. The van der Waals surface area contributed by atoms with Gasteiger partial charge in [-0.3, -0.25) is 0 Å². The molecule has 4 rings (SSSR count). The van der Waals surface area contributed by atoms with Crippen LogP contribution >= 0.6 is 11.7 Å². The average Bonchev–Trinajstić information content (AvgIpc) is 3.30. The molecule has 0 bridgehead atoms. The summed E-state index contributed by atoms with van der Waals surface area (Å²) in [5.74, 6) is 1.40. The van der Waals surface area contributed by atoms with Crippen LogP contribution < -0.4 is 0 Å². The Bertz CT molecular complexity index is 1000. The first-order chi connectivity index (χ1) is 12.6. The van der Waals surface area contributed by atoms with Gasteiger partial charge in [-0.2, -0.15) is 13.1 Å². The van der Waals surface area contributed by atoms with Crippen LogP contribution in [0.2, 0.25) is 0 Å². The van der Waals surface area contributed by atoms with Crippen molar-refractivity contribution in [1.82, 2.24) is 27.8 Å². The van der Waals surface area contributed by atoms with E-state index >= 15 is 0 Å². The van der Waals surface area contributed by atoms with Crippen molar-refractivity contribution < 1.29 is 8.42 Å². The van der Waals surface area contributed by atoms with Crippen LogP contribution in [0.5, 0.6) is 0 Å². The van der Waals surface area contributed by atoms with E-state index in [0.717, 1.165) is 43.4 Å². The lowest BCUT2D eigenvalue weighted by Crippen LogP contribution is -2.39. The van der Waals surface area contributed by atoms with Crippen molar-refractivity contribution in [3.63, 3.8) is 0 Å². The van der Waals surface area contributed by atoms with Gasteiger partial charge in [-0.1, -0.05) is 6.07 Å². The highest BCUT2D eigenvalue weighted by molar-refractivity contribution is 7.89. The molecule has 3 heterocycles. The minimum absolute atomic E-state index is 0.257. The van der Waals surface area contributed by atoms with Crippen molar-refractivity contribution >= 4 is 32.8 Å². The molecule has 0 saturated carbocycles. The number of hydrogen-bond acceptors (Lipinski definition) is 7. The maximum absolute atomic E-state index is 13.1. The van der Waals surface area contributed by atoms with Crippen LogP contribution in [0.3, 0.4) is 0 Å². The molecule has 26 heavy (non-hydrogen) atoms. The second-order valence-corrected chi connectivity index (χ2v) is 8.91. The summed E-state index contributed by atoms with van der Waals surface area (Å²) < 4.78 is 38.0. The third kappa shape index (κ3) is 3.12. The number of fused-ring (bicyclic) bond motifs is 1. The van der Waals surface area contributed by atoms with E-state index in [2.05, 4.69) is 25.9 Å². The van der Waals surface area contributed by atoms with Gasteiger partial charge in [0.15, 0.2) is 0 Å². The number of rotatable bonds is 5. The summed E-state index contributed by atoms with van der Waals surface area (Å²) in [4.78, 5) is 0.257. The molecule has 0 N–H and O–H groups in total. The molecule has 0 atom stereocenters. The van der Waals surface area contributed by atoms with Gasteiger partial charge in [-0.15, -0.1) is 10.2 Å². The molecule has 138 valence electrons. The normalized spacial score (nSPS) is 17.1. The van der Waals surface area contributed by atoms with Gasteiger partial charge in [0.05, 0.1) is 11.7 Å². The lowest BCUT2D eigenvalue weighted by atomic mass is 9.94. The lowest BCUT2D eigenvalue weighted by Gasteiger charge is -2.31. The molecule has 1 saturated heterocycles. The maximum atomic E-state index is 13.1. The Labute approximate surface area is 156 Å². The summed E-state index contributed by atoms with van der Waals surface area (Å²) in [6.07, 6.45) is 4.23. The van der Waals surface area contributed by atoms with Gasteiger partial charge in [-0.25, -0.2) is 8.42 Å². The molecule has 10 heteroatoms. The second kappa shape index (κ2) is 7.01. The van der Waals surface area contributed by atoms with Crippen molar-refractivity contribution in [2.45, 2.75) is 37.6 Å². The van der Waals surface area contributed by atoms with E-state index in [1.54, 1.807) is 28.8 Å². The van der Waals surface area contributed by atoms with E-state index in [4.69, 9.17) is 0 Å². The summed E-state index contributed by atoms with van der Waals surface area (Å²) in [5, 5.41) is 8.16. The number of aromatic nitrogens is 5. The van der Waals surface area contributed by atoms with Crippen molar-refractivity contribution in [3.8, 4) is 0 Å². The highest BCUT2D eigenvalue weighted by atomic mass is 32.2. The Morgan fingerprint density at radius 2 is 2.04 bits per heavy atom. The zero-order chi connectivity index (χ0) is 18.1. The van der Waals surface area contributed by atoms with Gasteiger partial charge in [0.1, 0.15) is 28.1 Å². The third-order valence-corrected chi connectivity index (χ3v) is 7.42. The van der Waals surface area contributed by atoms with Crippen molar-refractivity contribution in [3.05, 3.63) is 30.4 Å². The molecule has 0 aliphatic carbocycles. The minimum Gasteiger partial charge on any atom is -0.318 e. The Morgan fingerprint density at radius 3 is 2.81 bits per heavy atom. The van der Waals surface area contributed by atoms with E-state index in [-0.39, 0.29) is 4.90 Å². The van der Waals surface area contributed by atoms with Gasteiger partial charge in [0.25, 0.3) is 0 Å². The molecule has 1 aromatic carbocycles. The number of hydrogen-bond donors (Lipinski definition) is 0. The number of nitrogens with zero attached hydrogens (tertiary/aromatic N) is 6. The van der Waals surface area contributed by atoms with Crippen molar-refractivity contribution in [2.24, 2.45) is 5.92 Å². The molecule has 0 radical (unpaired) electrons. The summed E-state index contributed by atoms with van der Waals surface area (Å²) in [7, 11) is -3.55. The number of piperidine rings is 1.